The van der Waals surface area contributed by atoms with Gasteiger partial charge in [-0.15, -0.1) is 0 Å². The lowest BCUT2D eigenvalue weighted by Crippen LogP contribution is -3.09. The Kier molecular flexibility index (Phi) is 5.57. The Bertz CT molecular complexity index is 857. The standard InChI is InChI=1S/C18H21N5OS/c1-3-21(13-15-7-5-4-6-8-15)14-22-18(25)23(20-19-22)16-9-11-17(24-2)12-10-16/h4-12H,3,13-14H2,1-2H3/p+1. The fourth-order valence-electron chi connectivity index (χ4n) is 2.65. The quantitative estimate of drug-likeness (QED) is 0.657. The maximum Gasteiger partial charge on any atom is 0.225 e. The van der Waals surface area contributed by atoms with E-state index in [9.17, 15) is 0 Å². The van der Waals surface area contributed by atoms with E-state index in [1.807, 2.05) is 30.3 Å². The maximum atomic E-state index is 5.56. The first-order chi connectivity index (χ1) is 12.2. The lowest BCUT2D eigenvalue weighted by atomic mass is 10.2. The molecule has 1 N–H and O–H groups in total. The molecule has 0 aliphatic heterocycles. The van der Waals surface area contributed by atoms with E-state index in [0.29, 0.717) is 11.4 Å². The second-order valence-corrected chi connectivity index (χ2v) is 6.16. The van der Waals surface area contributed by atoms with Crippen LogP contribution in [0.5, 0.6) is 5.75 Å². The molecule has 7 heteroatoms. The lowest BCUT2D eigenvalue weighted by Gasteiger charge is -2.16. The Morgan fingerprint density at radius 3 is 2.40 bits per heavy atom. The first-order valence-corrected chi connectivity index (χ1v) is 8.67. The number of nitrogens with one attached hydrogen (secondary N) is 1. The molecule has 1 heterocycles. The van der Waals surface area contributed by atoms with Gasteiger partial charge in [0.05, 0.1) is 19.3 Å². The topological polar surface area (TPSA) is 49.3 Å². The predicted molar refractivity (Wildman–Crippen MR) is 98.4 cm³/mol. The number of hydrogen-bond donors (Lipinski definition) is 1. The molecule has 0 spiro atoms. The molecule has 0 saturated carbocycles. The third-order valence-corrected chi connectivity index (χ3v) is 4.51. The van der Waals surface area contributed by atoms with Crippen molar-refractivity contribution in [2.45, 2.75) is 20.1 Å². The van der Waals surface area contributed by atoms with Crippen LogP contribution in [0.3, 0.4) is 0 Å². The minimum atomic E-state index is 0.587. The second kappa shape index (κ2) is 8.04. The minimum absolute atomic E-state index is 0.587. The molecule has 0 saturated heterocycles. The molecular weight excluding hydrogens is 334 g/mol. The molecule has 0 radical (unpaired) electrons. The third-order valence-electron chi connectivity index (χ3n) is 4.13. The van der Waals surface area contributed by atoms with Crippen LogP contribution < -0.4 is 9.64 Å². The Morgan fingerprint density at radius 1 is 1.04 bits per heavy atom. The van der Waals surface area contributed by atoms with Gasteiger partial charge >= 0.3 is 0 Å². The summed E-state index contributed by atoms with van der Waals surface area (Å²) in [4.78, 5) is 1.36. The molecule has 0 amide bonds. The summed E-state index contributed by atoms with van der Waals surface area (Å²) >= 11 is 5.56. The van der Waals surface area contributed by atoms with Crippen molar-refractivity contribution < 1.29 is 9.64 Å². The van der Waals surface area contributed by atoms with Gasteiger partial charge in [-0.2, -0.15) is 9.36 Å². The molecule has 3 rings (SSSR count). The van der Waals surface area contributed by atoms with Gasteiger partial charge in [0.2, 0.25) is 4.77 Å². The smallest absolute Gasteiger partial charge is 0.225 e. The minimum Gasteiger partial charge on any atom is -0.497 e. The molecule has 0 bridgehead atoms. The van der Waals surface area contributed by atoms with Gasteiger partial charge in [-0.1, -0.05) is 30.3 Å². The highest BCUT2D eigenvalue weighted by molar-refractivity contribution is 7.71. The highest BCUT2D eigenvalue weighted by Crippen LogP contribution is 2.14. The van der Waals surface area contributed by atoms with E-state index in [-0.39, 0.29) is 0 Å². The highest BCUT2D eigenvalue weighted by atomic mass is 32.1. The first-order valence-electron chi connectivity index (χ1n) is 8.26. The molecule has 0 aliphatic carbocycles. The molecular formula is C18H22N5OS+. The van der Waals surface area contributed by atoms with E-state index < -0.39 is 0 Å². The number of aromatic nitrogens is 4. The maximum absolute atomic E-state index is 5.56. The molecule has 6 nitrogen and oxygen atoms in total. The summed E-state index contributed by atoms with van der Waals surface area (Å²) < 4.78 is 9.22. The number of hydrogen-bond acceptors (Lipinski definition) is 4. The normalized spacial score (nSPS) is 12.1. The SMILES string of the molecule is CC[NH+](Cc1ccccc1)Cn1nnn(-c2ccc(OC)cc2)c1=S. The van der Waals surface area contributed by atoms with Crippen molar-refractivity contribution in [3.05, 3.63) is 64.9 Å². The van der Waals surface area contributed by atoms with Crippen molar-refractivity contribution >= 4 is 12.2 Å². The van der Waals surface area contributed by atoms with E-state index in [1.54, 1.807) is 16.5 Å². The van der Waals surface area contributed by atoms with Gasteiger partial charge in [-0.3, -0.25) is 0 Å². The molecule has 1 aromatic heterocycles. The Labute approximate surface area is 152 Å². The molecule has 0 aliphatic rings. The van der Waals surface area contributed by atoms with Crippen LogP contribution in [-0.4, -0.2) is 33.4 Å². The molecule has 130 valence electrons. The van der Waals surface area contributed by atoms with Crippen LogP contribution >= 0.6 is 12.2 Å². The average molecular weight is 356 g/mol. The van der Waals surface area contributed by atoms with Gasteiger partial charge in [-0.05, 0) is 53.8 Å². The summed E-state index contributed by atoms with van der Waals surface area (Å²) in [7, 11) is 1.64. The van der Waals surface area contributed by atoms with Crippen molar-refractivity contribution in [3.63, 3.8) is 0 Å². The van der Waals surface area contributed by atoms with E-state index in [1.165, 1.54) is 10.5 Å². The Morgan fingerprint density at radius 2 is 1.76 bits per heavy atom. The zero-order valence-corrected chi connectivity index (χ0v) is 15.2. The van der Waals surface area contributed by atoms with Gasteiger partial charge in [0.15, 0.2) is 6.67 Å². The van der Waals surface area contributed by atoms with Crippen molar-refractivity contribution in [1.82, 2.24) is 19.8 Å². The van der Waals surface area contributed by atoms with Crippen molar-refractivity contribution in [2.75, 3.05) is 13.7 Å². The van der Waals surface area contributed by atoms with Crippen LogP contribution in [0.2, 0.25) is 0 Å². The van der Waals surface area contributed by atoms with Crippen LogP contribution in [0, 0.1) is 4.77 Å². The summed E-state index contributed by atoms with van der Waals surface area (Å²) in [5, 5.41) is 8.44. The summed E-state index contributed by atoms with van der Waals surface area (Å²) in [5.41, 5.74) is 2.17. The number of rotatable bonds is 7. The molecule has 0 fully saturated rings. The van der Waals surface area contributed by atoms with Gasteiger partial charge in [-0.25, -0.2) is 0 Å². The van der Waals surface area contributed by atoms with Crippen molar-refractivity contribution in [2.24, 2.45) is 0 Å². The van der Waals surface area contributed by atoms with E-state index in [2.05, 4.69) is 41.6 Å². The molecule has 25 heavy (non-hydrogen) atoms. The monoisotopic (exact) mass is 356 g/mol. The average Bonchev–Trinajstić information content (AvgIpc) is 3.02. The number of nitrogens with zero attached hydrogens (tertiary/aromatic N) is 4. The summed E-state index contributed by atoms with van der Waals surface area (Å²) in [6, 6.07) is 18.1. The number of tetrazole rings is 1. The molecule has 3 aromatic rings. The largest absolute Gasteiger partial charge is 0.497 e. The fraction of sp³-hybridized carbons (Fsp3) is 0.278. The zero-order valence-electron chi connectivity index (χ0n) is 14.4. The number of methoxy groups -OCH3 is 1. The summed E-state index contributed by atoms with van der Waals surface area (Å²) in [5.74, 6) is 0.798. The van der Waals surface area contributed by atoms with Crippen LogP contribution in [0.1, 0.15) is 12.5 Å². The lowest BCUT2D eigenvalue weighted by molar-refractivity contribution is -0.935. The van der Waals surface area contributed by atoms with Crippen molar-refractivity contribution in [1.29, 1.82) is 0 Å². The van der Waals surface area contributed by atoms with Gasteiger partial charge < -0.3 is 9.64 Å². The third kappa shape index (κ3) is 4.12. The molecule has 1 unspecified atom stereocenters. The van der Waals surface area contributed by atoms with Crippen LogP contribution in [0.4, 0.5) is 0 Å². The Hall–Kier alpha value is -2.51. The second-order valence-electron chi connectivity index (χ2n) is 5.79. The Balaban J connectivity index is 1.76. The van der Waals surface area contributed by atoms with Crippen LogP contribution in [0.15, 0.2) is 54.6 Å². The van der Waals surface area contributed by atoms with Crippen molar-refractivity contribution in [3.8, 4) is 11.4 Å². The van der Waals surface area contributed by atoms with Gasteiger partial charge in [0.1, 0.15) is 12.3 Å². The molecule has 1 atom stereocenters. The first kappa shape index (κ1) is 17.3. The van der Waals surface area contributed by atoms with Gasteiger partial charge in [0.25, 0.3) is 0 Å². The van der Waals surface area contributed by atoms with Crippen LogP contribution in [-0.2, 0) is 13.2 Å². The van der Waals surface area contributed by atoms with E-state index in [4.69, 9.17) is 17.0 Å². The zero-order chi connectivity index (χ0) is 17.6. The van der Waals surface area contributed by atoms with Crippen LogP contribution in [0.25, 0.3) is 5.69 Å². The highest BCUT2D eigenvalue weighted by Gasteiger charge is 2.12. The number of quaternary nitrogens is 1. The van der Waals surface area contributed by atoms with Gasteiger partial charge in [0, 0.05) is 5.56 Å². The van der Waals surface area contributed by atoms with E-state index in [0.717, 1.165) is 24.5 Å². The summed E-state index contributed by atoms with van der Waals surface area (Å²) in [6.07, 6.45) is 0. The molecule has 2 aromatic carbocycles. The van der Waals surface area contributed by atoms with E-state index >= 15 is 0 Å². The number of benzene rings is 2. The number of ether oxygens (including phenoxy) is 1. The predicted octanol–water partition coefficient (Wildman–Crippen LogP) is 1.87. The fourth-order valence-corrected chi connectivity index (χ4v) is 2.89. The summed E-state index contributed by atoms with van der Waals surface area (Å²) in [6.45, 7) is 4.75.